The lowest BCUT2D eigenvalue weighted by Crippen LogP contribution is -2.20. The van der Waals surface area contributed by atoms with Crippen molar-refractivity contribution in [3.8, 4) is 0 Å². The molecule has 0 amide bonds. The largest absolute Gasteiger partial charge is 0.411 e. The van der Waals surface area contributed by atoms with E-state index in [1.165, 1.54) is 0 Å². The molecule has 0 aliphatic heterocycles. The van der Waals surface area contributed by atoms with E-state index < -0.39 is 0 Å². The van der Waals surface area contributed by atoms with Crippen molar-refractivity contribution in [3.63, 3.8) is 0 Å². The molecule has 14 heavy (non-hydrogen) atoms. The van der Waals surface area contributed by atoms with Crippen LogP contribution in [-0.2, 0) is 6.54 Å². The summed E-state index contributed by atoms with van der Waals surface area (Å²) >= 11 is 0. The zero-order valence-electron chi connectivity index (χ0n) is 7.33. The van der Waals surface area contributed by atoms with Crippen molar-refractivity contribution in [1.82, 2.24) is 10.5 Å². The molecule has 0 saturated carbocycles. The predicted octanol–water partition coefficient (Wildman–Crippen LogP) is 0.419. The van der Waals surface area contributed by atoms with Crippen LogP contribution in [0.3, 0.4) is 0 Å². The van der Waals surface area contributed by atoms with Gasteiger partial charge in [0.15, 0.2) is 5.84 Å². The lowest BCUT2D eigenvalue weighted by atomic mass is 10.3. The summed E-state index contributed by atoms with van der Waals surface area (Å²) in [4.78, 5) is 7.91. The van der Waals surface area contributed by atoms with Gasteiger partial charge in [0, 0.05) is 6.20 Å². The van der Waals surface area contributed by atoms with E-state index >= 15 is 0 Å². The Bertz CT molecular complexity index is 323. The molecule has 6 nitrogen and oxygen atoms in total. The van der Waals surface area contributed by atoms with Gasteiger partial charge in [0.2, 0.25) is 0 Å². The van der Waals surface area contributed by atoms with E-state index in [4.69, 9.17) is 10.4 Å². The molecule has 1 aromatic rings. The zero-order valence-corrected chi connectivity index (χ0v) is 7.33. The fourth-order valence-corrected chi connectivity index (χ4v) is 0.818. The van der Waals surface area contributed by atoms with Crippen molar-refractivity contribution < 1.29 is 10.4 Å². The Morgan fingerprint density at radius 1 is 1.57 bits per heavy atom. The van der Waals surface area contributed by atoms with E-state index in [9.17, 15) is 0 Å². The van der Waals surface area contributed by atoms with E-state index in [0.717, 1.165) is 11.9 Å². The molecule has 0 bridgehead atoms. The number of oxime groups is 1. The highest BCUT2D eigenvalue weighted by atomic mass is 16.5. The van der Waals surface area contributed by atoms with Gasteiger partial charge in [-0.15, -0.1) is 0 Å². The van der Waals surface area contributed by atoms with Crippen LogP contribution in [0.1, 0.15) is 5.69 Å². The van der Waals surface area contributed by atoms with Crippen LogP contribution >= 0.6 is 0 Å². The normalized spacial score (nSPS) is 11.9. The average Bonchev–Trinajstić information content (AvgIpc) is 2.25. The van der Waals surface area contributed by atoms with E-state index in [-0.39, 0.29) is 5.84 Å². The number of amidine groups is 1. The number of aromatic nitrogens is 1. The van der Waals surface area contributed by atoms with Crippen molar-refractivity contribution in [1.29, 1.82) is 0 Å². The summed E-state index contributed by atoms with van der Waals surface area (Å²) in [5.74, 6) is 0.0677. The summed E-state index contributed by atoms with van der Waals surface area (Å²) in [6.07, 6.45) is 2.64. The first-order valence-electron chi connectivity index (χ1n) is 3.88. The second-order valence-corrected chi connectivity index (χ2v) is 2.38. The number of pyridine rings is 1. The van der Waals surface area contributed by atoms with Gasteiger partial charge in [-0.3, -0.25) is 20.7 Å². The second-order valence-electron chi connectivity index (χ2n) is 2.38. The lowest BCUT2D eigenvalue weighted by Gasteiger charge is -1.97. The van der Waals surface area contributed by atoms with Gasteiger partial charge in [0.05, 0.1) is 12.2 Å². The minimum Gasteiger partial charge on any atom is -0.411 e. The summed E-state index contributed by atoms with van der Waals surface area (Å²) in [5.41, 5.74) is 2.54. The highest BCUT2D eigenvalue weighted by molar-refractivity contribution is 6.28. The van der Waals surface area contributed by atoms with Crippen LogP contribution < -0.4 is 5.48 Å². The fraction of sp³-hybridized carbons (Fsp3) is 0.125. The summed E-state index contributed by atoms with van der Waals surface area (Å²) < 4.78 is 0. The maximum atomic E-state index is 8.53. The van der Waals surface area contributed by atoms with Crippen molar-refractivity contribution in [2.75, 3.05) is 0 Å². The van der Waals surface area contributed by atoms with Crippen molar-refractivity contribution >= 4 is 12.1 Å². The van der Waals surface area contributed by atoms with Crippen LogP contribution in [0.2, 0.25) is 0 Å². The van der Waals surface area contributed by atoms with Gasteiger partial charge in [-0.05, 0) is 12.1 Å². The molecule has 74 valence electrons. The molecule has 0 fully saturated rings. The molecule has 0 atom stereocenters. The SMILES string of the molecule is O/N=C\C(=NCc1ccccn1)NO. The molecule has 0 spiro atoms. The first kappa shape index (κ1) is 10.1. The van der Waals surface area contributed by atoms with Gasteiger partial charge < -0.3 is 5.21 Å². The van der Waals surface area contributed by atoms with Gasteiger partial charge in [0.1, 0.15) is 6.21 Å². The van der Waals surface area contributed by atoms with Crippen LogP contribution in [-0.4, -0.2) is 27.4 Å². The Balaban J connectivity index is 2.61. The van der Waals surface area contributed by atoms with Crippen LogP contribution in [0, 0.1) is 0 Å². The summed E-state index contributed by atoms with van der Waals surface area (Å²) in [6.45, 7) is 0.301. The van der Waals surface area contributed by atoms with Crippen molar-refractivity contribution in [2.24, 2.45) is 10.1 Å². The molecular formula is C8H10N4O2. The molecule has 0 aliphatic rings. The molecule has 0 aromatic carbocycles. The summed E-state index contributed by atoms with van der Waals surface area (Å²) in [6, 6.07) is 5.44. The Morgan fingerprint density at radius 2 is 2.43 bits per heavy atom. The molecule has 6 heteroatoms. The Hall–Kier alpha value is -1.95. The monoisotopic (exact) mass is 194 g/mol. The minimum absolute atomic E-state index is 0.0677. The smallest absolute Gasteiger partial charge is 0.167 e. The van der Waals surface area contributed by atoms with Crippen LogP contribution in [0.5, 0.6) is 0 Å². The zero-order chi connectivity index (χ0) is 10.2. The standard InChI is InChI=1S/C8H10N4O2/c13-11-6-8(12-14)10-5-7-3-1-2-4-9-7/h1-4,6,13-14H,5H2,(H,10,12)/b11-6-. The van der Waals surface area contributed by atoms with E-state index in [1.54, 1.807) is 23.8 Å². The third-order valence-corrected chi connectivity index (χ3v) is 1.43. The fourth-order valence-electron chi connectivity index (χ4n) is 0.818. The Morgan fingerprint density at radius 3 is 3.00 bits per heavy atom. The molecule has 0 unspecified atom stereocenters. The van der Waals surface area contributed by atoms with Crippen LogP contribution in [0.15, 0.2) is 34.5 Å². The molecule has 0 aliphatic carbocycles. The van der Waals surface area contributed by atoms with Gasteiger partial charge >= 0.3 is 0 Å². The Kier molecular flexibility index (Phi) is 4.09. The van der Waals surface area contributed by atoms with E-state index in [0.29, 0.717) is 6.54 Å². The molecule has 1 heterocycles. The maximum absolute atomic E-state index is 8.53. The highest BCUT2D eigenvalue weighted by Crippen LogP contribution is 1.94. The number of hydrogen-bond donors (Lipinski definition) is 3. The number of aliphatic imine (C=N–C) groups is 1. The average molecular weight is 194 g/mol. The number of hydroxylamine groups is 1. The van der Waals surface area contributed by atoms with Gasteiger partial charge in [-0.1, -0.05) is 11.2 Å². The second kappa shape index (κ2) is 5.65. The lowest BCUT2D eigenvalue weighted by molar-refractivity contribution is 0.236. The molecule has 3 N–H and O–H groups in total. The number of hydrogen-bond acceptors (Lipinski definition) is 5. The Labute approximate surface area is 80.6 Å². The molecule has 0 saturated heterocycles. The molecule has 1 rings (SSSR count). The third-order valence-electron chi connectivity index (χ3n) is 1.43. The number of nitrogens with one attached hydrogen (secondary N) is 1. The summed E-state index contributed by atoms with van der Waals surface area (Å²) in [7, 11) is 0. The highest BCUT2D eigenvalue weighted by Gasteiger charge is 1.93. The summed E-state index contributed by atoms with van der Waals surface area (Å²) in [5, 5.41) is 19.4. The van der Waals surface area contributed by atoms with Gasteiger partial charge in [-0.25, -0.2) is 0 Å². The number of rotatable bonds is 3. The van der Waals surface area contributed by atoms with Crippen molar-refractivity contribution in [3.05, 3.63) is 30.1 Å². The van der Waals surface area contributed by atoms with E-state index in [2.05, 4.69) is 15.1 Å². The molecule has 1 aromatic heterocycles. The predicted molar refractivity (Wildman–Crippen MR) is 50.6 cm³/mol. The minimum atomic E-state index is 0.0677. The quantitative estimate of drug-likeness (QED) is 0.281. The first-order chi connectivity index (χ1) is 6.86. The molecular weight excluding hydrogens is 184 g/mol. The van der Waals surface area contributed by atoms with E-state index in [1.807, 2.05) is 6.07 Å². The first-order valence-corrected chi connectivity index (χ1v) is 3.88. The van der Waals surface area contributed by atoms with Crippen molar-refractivity contribution in [2.45, 2.75) is 6.54 Å². The van der Waals surface area contributed by atoms with Crippen LogP contribution in [0.4, 0.5) is 0 Å². The molecule has 0 radical (unpaired) electrons. The van der Waals surface area contributed by atoms with Crippen LogP contribution in [0.25, 0.3) is 0 Å². The maximum Gasteiger partial charge on any atom is 0.167 e. The van der Waals surface area contributed by atoms with Gasteiger partial charge in [-0.2, -0.15) is 0 Å². The van der Waals surface area contributed by atoms with Gasteiger partial charge in [0.25, 0.3) is 0 Å². The third kappa shape index (κ3) is 3.20. The topological polar surface area (TPSA) is 90.1 Å². The number of nitrogens with zero attached hydrogens (tertiary/aromatic N) is 3.